The maximum Gasteiger partial charge on any atom is 0.284 e. The van der Waals surface area contributed by atoms with E-state index in [1.54, 1.807) is 38.4 Å². The summed E-state index contributed by atoms with van der Waals surface area (Å²) in [5.74, 6) is -0.617. The Morgan fingerprint density at radius 2 is 1.67 bits per heavy atom. The molecule has 0 heterocycles. The van der Waals surface area contributed by atoms with Gasteiger partial charge in [0.2, 0.25) is 0 Å². The molecule has 0 aromatic heterocycles. The number of nitrogens with zero attached hydrogens (tertiary/aromatic N) is 2. The summed E-state index contributed by atoms with van der Waals surface area (Å²) in [6.07, 6.45) is 0. The molecule has 0 aliphatic heterocycles. The van der Waals surface area contributed by atoms with Crippen molar-refractivity contribution in [3.8, 4) is 0 Å². The standard InChI is InChI=1S/C16H14BrN3O4/c1-19(2)16(22)10-3-6-12(7-4-10)18-15(21)11-5-8-13(17)14(9-11)20(23)24/h3-9H,1-2H3,(H,18,21). The zero-order chi connectivity index (χ0) is 17.9. The molecule has 2 aromatic rings. The third kappa shape index (κ3) is 3.96. The van der Waals surface area contributed by atoms with Crippen molar-refractivity contribution in [1.82, 2.24) is 4.90 Å². The van der Waals surface area contributed by atoms with Crippen LogP contribution in [0.25, 0.3) is 0 Å². The SMILES string of the molecule is CN(C)C(=O)c1ccc(NC(=O)c2ccc(Br)c([N+](=O)[O-])c2)cc1. The monoisotopic (exact) mass is 391 g/mol. The van der Waals surface area contributed by atoms with Crippen molar-refractivity contribution in [3.05, 3.63) is 68.2 Å². The number of benzene rings is 2. The van der Waals surface area contributed by atoms with Crippen LogP contribution in [0, 0.1) is 10.1 Å². The van der Waals surface area contributed by atoms with Crippen LogP contribution in [0.4, 0.5) is 11.4 Å². The Balaban J connectivity index is 2.17. The van der Waals surface area contributed by atoms with Gasteiger partial charge in [-0.25, -0.2) is 0 Å². The van der Waals surface area contributed by atoms with Crippen LogP contribution >= 0.6 is 15.9 Å². The average Bonchev–Trinajstić information content (AvgIpc) is 2.54. The van der Waals surface area contributed by atoms with E-state index < -0.39 is 10.8 Å². The number of nitro benzene ring substituents is 1. The number of carbonyl (C=O) groups excluding carboxylic acids is 2. The fourth-order valence-electron chi connectivity index (χ4n) is 1.95. The van der Waals surface area contributed by atoms with Crippen molar-refractivity contribution in [1.29, 1.82) is 0 Å². The molecule has 2 rings (SSSR count). The van der Waals surface area contributed by atoms with Crippen molar-refractivity contribution in [2.75, 3.05) is 19.4 Å². The maximum atomic E-state index is 12.2. The van der Waals surface area contributed by atoms with Crippen LogP contribution in [0.1, 0.15) is 20.7 Å². The lowest BCUT2D eigenvalue weighted by molar-refractivity contribution is -0.385. The third-order valence-corrected chi connectivity index (χ3v) is 3.87. The molecule has 0 fully saturated rings. The lowest BCUT2D eigenvalue weighted by atomic mass is 10.1. The second-order valence-corrected chi connectivity index (χ2v) is 6.01. The Kier molecular flexibility index (Phi) is 5.30. The van der Waals surface area contributed by atoms with E-state index in [1.807, 2.05) is 0 Å². The highest BCUT2D eigenvalue weighted by Crippen LogP contribution is 2.26. The van der Waals surface area contributed by atoms with E-state index in [1.165, 1.54) is 23.1 Å². The minimum absolute atomic E-state index is 0.142. The molecule has 124 valence electrons. The summed E-state index contributed by atoms with van der Waals surface area (Å²) >= 11 is 3.07. The Hall–Kier alpha value is -2.74. The number of nitro groups is 1. The van der Waals surface area contributed by atoms with Crippen molar-refractivity contribution in [2.24, 2.45) is 0 Å². The van der Waals surface area contributed by atoms with Gasteiger partial charge in [-0.3, -0.25) is 19.7 Å². The molecule has 0 saturated heterocycles. The number of rotatable bonds is 4. The van der Waals surface area contributed by atoms with E-state index in [9.17, 15) is 19.7 Å². The number of nitrogens with one attached hydrogen (secondary N) is 1. The minimum Gasteiger partial charge on any atom is -0.345 e. The van der Waals surface area contributed by atoms with Gasteiger partial charge in [0, 0.05) is 37.0 Å². The molecule has 0 spiro atoms. The molecule has 0 atom stereocenters. The van der Waals surface area contributed by atoms with E-state index in [2.05, 4.69) is 21.2 Å². The Bertz CT molecular complexity index is 803. The molecule has 0 aliphatic carbocycles. The predicted molar refractivity (Wildman–Crippen MR) is 93.2 cm³/mol. The summed E-state index contributed by atoms with van der Waals surface area (Å²) in [5.41, 5.74) is 0.964. The smallest absolute Gasteiger partial charge is 0.284 e. The summed E-state index contributed by atoms with van der Waals surface area (Å²) < 4.78 is 0.301. The summed E-state index contributed by atoms with van der Waals surface area (Å²) in [5, 5.41) is 13.6. The van der Waals surface area contributed by atoms with Gasteiger partial charge in [0.05, 0.1) is 9.40 Å². The van der Waals surface area contributed by atoms with Gasteiger partial charge in [0.1, 0.15) is 0 Å². The van der Waals surface area contributed by atoms with E-state index >= 15 is 0 Å². The van der Waals surface area contributed by atoms with Gasteiger partial charge in [-0.1, -0.05) is 0 Å². The highest BCUT2D eigenvalue weighted by molar-refractivity contribution is 9.10. The Morgan fingerprint density at radius 3 is 2.21 bits per heavy atom. The summed E-state index contributed by atoms with van der Waals surface area (Å²) in [6.45, 7) is 0. The van der Waals surface area contributed by atoms with Crippen LogP contribution in [0.2, 0.25) is 0 Å². The van der Waals surface area contributed by atoms with E-state index in [0.717, 1.165) is 0 Å². The van der Waals surface area contributed by atoms with E-state index in [0.29, 0.717) is 15.7 Å². The van der Waals surface area contributed by atoms with Crippen molar-refractivity contribution in [2.45, 2.75) is 0 Å². The molecule has 0 aliphatic rings. The number of carbonyl (C=O) groups is 2. The topological polar surface area (TPSA) is 92.6 Å². The first-order valence-electron chi connectivity index (χ1n) is 6.86. The first-order chi connectivity index (χ1) is 11.3. The molecule has 0 radical (unpaired) electrons. The molecule has 8 heteroatoms. The number of halogens is 1. The lowest BCUT2D eigenvalue weighted by Gasteiger charge is -2.11. The molecule has 0 unspecified atom stereocenters. The molecule has 0 saturated carbocycles. The van der Waals surface area contributed by atoms with Gasteiger partial charge in [-0.05, 0) is 52.3 Å². The van der Waals surface area contributed by atoms with Gasteiger partial charge in [-0.15, -0.1) is 0 Å². The molecule has 7 nitrogen and oxygen atoms in total. The second-order valence-electron chi connectivity index (χ2n) is 5.15. The van der Waals surface area contributed by atoms with Crippen LogP contribution in [0.15, 0.2) is 46.9 Å². The summed E-state index contributed by atoms with van der Waals surface area (Å²) in [7, 11) is 3.30. The quantitative estimate of drug-likeness (QED) is 0.638. The van der Waals surface area contributed by atoms with Crippen LogP contribution in [-0.4, -0.2) is 35.7 Å². The first kappa shape index (κ1) is 17.6. The van der Waals surface area contributed by atoms with E-state index in [4.69, 9.17) is 0 Å². The van der Waals surface area contributed by atoms with Gasteiger partial charge < -0.3 is 10.2 Å². The highest BCUT2D eigenvalue weighted by atomic mass is 79.9. The molecule has 1 N–H and O–H groups in total. The zero-order valence-corrected chi connectivity index (χ0v) is 14.5. The fourth-order valence-corrected chi connectivity index (χ4v) is 2.34. The van der Waals surface area contributed by atoms with Gasteiger partial charge in [0.25, 0.3) is 17.5 Å². The summed E-state index contributed by atoms with van der Waals surface area (Å²) in [4.78, 5) is 35.8. The highest BCUT2D eigenvalue weighted by Gasteiger charge is 2.16. The maximum absolute atomic E-state index is 12.2. The van der Waals surface area contributed by atoms with Crippen LogP contribution in [-0.2, 0) is 0 Å². The molecular formula is C16H14BrN3O4. The number of hydrogen-bond donors (Lipinski definition) is 1. The first-order valence-corrected chi connectivity index (χ1v) is 7.66. The minimum atomic E-state index is -0.567. The van der Waals surface area contributed by atoms with Crippen molar-refractivity contribution < 1.29 is 14.5 Å². The molecule has 0 bridgehead atoms. The van der Waals surface area contributed by atoms with Gasteiger partial charge >= 0.3 is 0 Å². The Labute approximate surface area is 146 Å². The second kappa shape index (κ2) is 7.22. The van der Waals surface area contributed by atoms with Crippen molar-refractivity contribution in [3.63, 3.8) is 0 Å². The van der Waals surface area contributed by atoms with Gasteiger partial charge in [0.15, 0.2) is 0 Å². The normalized spacial score (nSPS) is 10.1. The van der Waals surface area contributed by atoms with Crippen molar-refractivity contribution >= 4 is 39.1 Å². The molecule has 24 heavy (non-hydrogen) atoms. The van der Waals surface area contributed by atoms with Crippen LogP contribution < -0.4 is 5.32 Å². The fraction of sp³-hybridized carbons (Fsp3) is 0.125. The van der Waals surface area contributed by atoms with Crippen LogP contribution in [0.5, 0.6) is 0 Å². The third-order valence-electron chi connectivity index (χ3n) is 3.20. The van der Waals surface area contributed by atoms with Gasteiger partial charge in [-0.2, -0.15) is 0 Å². The summed E-state index contributed by atoms with van der Waals surface area (Å²) in [6, 6.07) is 10.5. The molecule has 2 amide bonds. The molecular weight excluding hydrogens is 378 g/mol. The largest absolute Gasteiger partial charge is 0.345 e. The van der Waals surface area contributed by atoms with E-state index in [-0.39, 0.29) is 17.2 Å². The predicted octanol–water partition coefficient (Wildman–Crippen LogP) is 3.31. The zero-order valence-electron chi connectivity index (χ0n) is 12.9. The van der Waals surface area contributed by atoms with Crippen LogP contribution in [0.3, 0.4) is 0 Å². The number of hydrogen-bond acceptors (Lipinski definition) is 4. The Morgan fingerprint density at radius 1 is 1.08 bits per heavy atom. The number of anilines is 1. The molecule has 2 aromatic carbocycles. The number of amides is 2. The average molecular weight is 392 g/mol. The lowest BCUT2D eigenvalue weighted by Crippen LogP contribution is -2.21.